The molecule has 1 heterocycles. The molecule has 1 saturated heterocycles. The highest BCUT2D eigenvalue weighted by molar-refractivity contribution is 14.0. The van der Waals surface area contributed by atoms with Crippen LogP contribution in [0.3, 0.4) is 0 Å². The van der Waals surface area contributed by atoms with Gasteiger partial charge in [-0.25, -0.2) is 4.99 Å². The molecule has 0 spiro atoms. The lowest BCUT2D eigenvalue weighted by molar-refractivity contribution is 0.121. The number of halogens is 1. The van der Waals surface area contributed by atoms with Crippen LogP contribution >= 0.6 is 24.0 Å². The first kappa shape index (κ1) is 24.0. The summed E-state index contributed by atoms with van der Waals surface area (Å²) in [7, 11) is 3.45. The minimum atomic E-state index is 0. The second-order valence-corrected chi connectivity index (χ2v) is 6.70. The lowest BCUT2D eigenvalue weighted by Crippen LogP contribution is -2.43. The Morgan fingerprint density at radius 2 is 1.85 bits per heavy atom. The van der Waals surface area contributed by atoms with E-state index < -0.39 is 0 Å². The zero-order valence-corrected chi connectivity index (χ0v) is 19.2. The molecule has 1 aromatic rings. The summed E-state index contributed by atoms with van der Waals surface area (Å²) in [6.45, 7) is 8.79. The Labute approximate surface area is 181 Å². The molecule has 154 valence electrons. The van der Waals surface area contributed by atoms with E-state index in [0.29, 0.717) is 12.5 Å². The summed E-state index contributed by atoms with van der Waals surface area (Å²) in [6, 6.07) is 8.06. The van der Waals surface area contributed by atoms with E-state index in [-0.39, 0.29) is 24.0 Å². The van der Waals surface area contributed by atoms with Gasteiger partial charge in [0.25, 0.3) is 0 Å². The Bertz CT molecular complexity index is 531. The van der Waals surface area contributed by atoms with E-state index in [9.17, 15) is 0 Å². The lowest BCUT2D eigenvalue weighted by Gasteiger charge is -2.32. The number of benzene rings is 1. The van der Waals surface area contributed by atoms with Gasteiger partial charge in [0.05, 0.1) is 20.3 Å². The van der Waals surface area contributed by atoms with E-state index in [2.05, 4.69) is 34.6 Å². The van der Waals surface area contributed by atoms with E-state index in [4.69, 9.17) is 14.5 Å². The van der Waals surface area contributed by atoms with Gasteiger partial charge in [-0.1, -0.05) is 12.1 Å². The van der Waals surface area contributed by atoms with Crippen LogP contribution in [0.4, 0.5) is 0 Å². The van der Waals surface area contributed by atoms with Crippen LogP contribution in [0, 0.1) is 5.92 Å². The average molecular weight is 490 g/mol. The van der Waals surface area contributed by atoms with Crippen LogP contribution in [0.5, 0.6) is 5.75 Å². The first-order valence-corrected chi connectivity index (χ1v) is 9.61. The molecule has 1 fully saturated rings. The third kappa shape index (κ3) is 9.12. The number of hydrogen-bond donors (Lipinski definition) is 2. The highest BCUT2D eigenvalue weighted by Gasteiger charge is 2.18. The smallest absolute Gasteiger partial charge is 0.191 e. The zero-order valence-electron chi connectivity index (χ0n) is 16.9. The molecule has 27 heavy (non-hydrogen) atoms. The fourth-order valence-corrected chi connectivity index (χ4v) is 3.12. The molecule has 6 nitrogen and oxygen atoms in total. The Kier molecular flexibility index (Phi) is 12.4. The van der Waals surface area contributed by atoms with Crippen LogP contribution in [0.15, 0.2) is 29.3 Å². The van der Waals surface area contributed by atoms with Crippen LogP contribution in [0.25, 0.3) is 0 Å². The molecule has 0 unspecified atom stereocenters. The van der Waals surface area contributed by atoms with Gasteiger partial charge in [0.2, 0.25) is 0 Å². The molecule has 0 aliphatic carbocycles. The summed E-state index contributed by atoms with van der Waals surface area (Å²) in [5.74, 6) is 2.48. The summed E-state index contributed by atoms with van der Waals surface area (Å²) in [6.07, 6.45) is 2.46. The number of likely N-dealkylation sites (tertiary alicyclic amines) is 1. The third-order valence-corrected chi connectivity index (χ3v) is 4.80. The molecule has 0 bridgehead atoms. The number of aliphatic imine (C=N–C) groups is 1. The molecule has 0 amide bonds. The molecule has 2 N–H and O–H groups in total. The van der Waals surface area contributed by atoms with Crippen molar-refractivity contribution >= 4 is 29.9 Å². The number of rotatable bonds is 9. The van der Waals surface area contributed by atoms with Gasteiger partial charge < -0.3 is 25.0 Å². The molecule has 2 rings (SSSR count). The number of hydrogen-bond acceptors (Lipinski definition) is 4. The number of ether oxygens (including phenoxy) is 2. The first-order valence-electron chi connectivity index (χ1n) is 9.61. The van der Waals surface area contributed by atoms with Gasteiger partial charge in [-0.15, -0.1) is 24.0 Å². The van der Waals surface area contributed by atoms with E-state index in [1.807, 2.05) is 12.1 Å². The number of methoxy groups -OCH3 is 2. The molecule has 1 aromatic carbocycles. The Morgan fingerprint density at radius 3 is 2.44 bits per heavy atom. The molecule has 0 aromatic heterocycles. The molecular weight excluding hydrogens is 455 g/mol. The Hall–Kier alpha value is -1.06. The molecule has 0 radical (unpaired) electrons. The van der Waals surface area contributed by atoms with Gasteiger partial charge in [-0.05, 0) is 56.5 Å². The number of nitrogens with zero attached hydrogens (tertiary/aromatic N) is 2. The van der Waals surface area contributed by atoms with E-state index in [0.717, 1.165) is 51.0 Å². The van der Waals surface area contributed by atoms with Crippen molar-refractivity contribution in [1.82, 2.24) is 15.5 Å². The summed E-state index contributed by atoms with van der Waals surface area (Å²) >= 11 is 0. The van der Waals surface area contributed by atoms with Crippen LogP contribution in [-0.2, 0) is 11.3 Å². The van der Waals surface area contributed by atoms with Gasteiger partial charge in [0.15, 0.2) is 5.96 Å². The predicted molar refractivity (Wildman–Crippen MR) is 122 cm³/mol. The highest BCUT2D eigenvalue weighted by Crippen LogP contribution is 2.16. The van der Waals surface area contributed by atoms with Crippen molar-refractivity contribution in [3.05, 3.63) is 29.8 Å². The van der Waals surface area contributed by atoms with Crippen LogP contribution in [0.1, 0.15) is 25.3 Å². The van der Waals surface area contributed by atoms with E-state index >= 15 is 0 Å². The number of piperidine rings is 1. The van der Waals surface area contributed by atoms with Crippen molar-refractivity contribution in [2.45, 2.75) is 26.3 Å². The zero-order chi connectivity index (χ0) is 18.6. The minimum absolute atomic E-state index is 0. The second-order valence-electron chi connectivity index (χ2n) is 6.70. The number of nitrogens with one attached hydrogen (secondary N) is 2. The molecule has 1 aliphatic rings. The first-order chi connectivity index (χ1) is 12.7. The average Bonchev–Trinajstić information content (AvgIpc) is 2.69. The number of guanidine groups is 1. The molecule has 0 saturated carbocycles. The van der Waals surface area contributed by atoms with Crippen LogP contribution in [-0.4, -0.2) is 64.4 Å². The predicted octanol–water partition coefficient (Wildman–Crippen LogP) is 2.73. The van der Waals surface area contributed by atoms with Crippen molar-refractivity contribution < 1.29 is 9.47 Å². The van der Waals surface area contributed by atoms with Gasteiger partial charge in [0.1, 0.15) is 5.75 Å². The summed E-state index contributed by atoms with van der Waals surface area (Å²) < 4.78 is 10.4. The van der Waals surface area contributed by atoms with E-state index in [1.54, 1.807) is 14.2 Å². The van der Waals surface area contributed by atoms with Crippen molar-refractivity contribution in [2.75, 3.05) is 53.6 Å². The summed E-state index contributed by atoms with van der Waals surface area (Å²) in [5.41, 5.74) is 1.18. The van der Waals surface area contributed by atoms with Crippen molar-refractivity contribution in [2.24, 2.45) is 10.9 Å². The van der Waals surface area contributed by atoms with Gasteiger partial charge in [-0.2, -0.15) is 0 Å². The maximum absolute atomic E-state index is 5.20. The van der Waals surface area contributed by atoms with Crippen molar-refractivity contribution in [1.29, 1.82) is 0 Å². The third-order valence-electron chi connectivity index (χ3n) is 4.80. The topological polar surface area (TPSA) is 58.1 Å². The highest BCUT2D eigenvalue weighted by atomic mass is 127. The maximum Gasteiger partial charge on any atom is 0.191 e. The van der Waals surface area contributed by atoms with Crippen molar-refractivity contribution in [3.63, 3.8) is 0 Å². The van der Waals surface area contributed by atoms with Gasteiger partial charge in [-0.3, -0.25) is 0 Å². The Balaban J connectivity index is 0.00000364. The van der Waals surface area contributed by atoms with Crippen LogP contribution in [0.2, 0.25) is 0 Å². The molecule has 0 atom stereocenters. The maximum atomic E-state index is 5.20. The standard InChI is InChI=1S/C20H34N4O2.HI/c1-4-21-20(22-15-17-5-7-19(26-3)8-6-17)23-16-18-9-11-24(12-10-18)13-14-25-2;/h5-8,18H,4,9-16H2,1-3H3,(H2,21,22,23);1H. The SMILES string of the molecule is CCNC(=NCc1ccc(OC)cc1)NCC1CCN(CCOC)CC1.I. The van der Waals surface area contributed by atoms with E-state index in [1.165, 1.54) is 18.4 Å². The molecule has 7 heteroatoms. The van der Waals surface area contributed by atoms with Crippen LogP contribution < -0.4 is 15.4 Å². The fraction of sp³-hybridized carbons (Fsp3) is 0.650. The quantitative estimate of drug-likeness (QED) is 0.317. The largest absolute Gasteiger partial charge is 0.497 e. The second kappa shape index (κ2) is 14.0. The summed E-state index contributed by atoms with van der Waals surface area (Å²) in [4.78, 5) is 7.19. The fourth-order valence-electron chi connectivity index (χ4n) is 3.12. The summed E-state index contributed by atoms with van der Waals surface area (Å²) in [5, 5.41) is 6.85. The monoisotopic (exact) mass is 490 g/mol. The van der Waals surface area contributed by atoms with Crippen molar-refractivity contribution in [3.8, 4) is 5.75 Å². The molecule has 1 aliphatic heterocycles. The minimum Gasteiger partial charge on any atom is -0.497 e. The van der Waals surface area contributed by atoms with Gasteiger partial charge >= 0.3 is 0 Å². The van der Waals surface area contributed by atoms with Gasteiger partial charge in [0, 0.05) is 26.7 Å². The molecular formula is C20H35IN4O2. The lowest BCUT2D eigenvalue weighted by atomic mass is 9.97. The Morgan fingerprint density at radius 1 is 1.15 bits per heavy atom. The normalized spacial score (nSPS) is 15.9.